The molecule has 0 N–H and O–H groups in total. The fourth-order valence-corrected chi connectivity index (χ4v) is 4.90. The fourth-order valence-electron chi connectivity index (χ4n) is 4.05. The monoisotopic (exact) mass is 422 g/mol. The Morgan fingerprint density at radius 2 is 1.10 bits per heavy atom. The van der Waals surface area contributed by atoms with Gasteiger partial charge >= 0.3 is 0 Å². The molecule has 3 rings (SSSR count). The molecule has 1 unspecified atom stereocenters. The first-order valence-corrected chi connectivity index (χ1v) is 12.1. The second kappa shape index (κ2) is 9.02. The van der Waals surface area contributed by atoms with Gasteiger partial charge in [-0.05, 0) is 45.9 Å². The molecule has 160 valence electrons. The van der Waals surface area contributed by atoms with E-state index < -0.39 is 0 Å². The number of carbonyl (C=O) groups excluding carboxylic acids is 1. The zero-order chi connectivity index (χ0) is 22.2. The predicted molar refractivity (Wildman–Crippen MR) is 133 cm³/mol. The summed E-state index contributed by atoms with van der Waals surface area (Å²) in [5, 5.41) is 0. The van der Waals surface area contributed by atoms with Crippen molar-refractivity contribution >= 4 is 31.2 Å². The number of nitrogens with zero attached hydrogens (tertiary/aromatic N) is 2. The Hall–Kier alpha value is -1.99. The molecule has 0 radical (unpaired) electrons. The minimum atomic E-state index is 0.114. The Balaban J connectivity index is 2.19. The number of hydrogen-bond donors (Lipinski definition) is 0. The van der Waals surface area contributed by atoms with E-state index in [1.54, 1.807) is 0 Å². The highest BCUT2D eigenvalue weighted by Crippen LogP contribution is 2.46. The van der Waals surface area contributed by atoms with Gasteiger partial charge in [0, 0.05) is 8.58 Å². The minimum absolute atomic E-state index is 0.114. The molecule has 0 bridgehead atoms. The lowest BCUT2D eigenvalue weighted by atomic mass is 9.92. The van der Waals surface area contributed by atoms with Crippen molar-refractivity contribution in [1.29, 1.82) is 0 Å². The topological polar surface area (TPSA) is 32.7 Å². The summed E-state index contributed by atoms with van der Waals surface area (Å²) in [6.45, 7) is 17.6. The van der Waals surface area contributed by atoms with Crippen LogP contribution in [0.1, 0.15) is 101 Å². The second-order valence-electron chi connectivity index (χ2n) is 9.39. The van der Waals surface area contributed by atoms with E-state index in [9.17, 15) is 4.79 Å². The van der Waals surface area contributed by atoms with Gasteiger partial charge in [-0.2, -0.15) is 0 Å². The molecule has 1 saturated heterocycles. The van der Waals surface area contributed by atoms with Crippen LogP contribution in [-0.4, -0.2) is 11.2 Å². The number of hydrogen-bond acceptors (Lipinski definition) is 2. The molecule has 0 spiro atoms. The molecule has 0 aliphatic carbocycles. The number of amides is 1. The number of rotatable bonds is 6. The van der Waals surface area contributed by atoms with Crippen molar-refractivity contribution in [1.82, 2.24) is 0 Å². The van der Waals surface area contributed by atoms with Crippen molar-refractivity contribution in [3.8, 4) is 0 Å². The number of para-hydroxylation sites is 2. The van der Waals surface area contributed by atoms with Crippen LogP contribution in [-0.2, 0) is 0 Å². The summed E-state index contributed by atoms with van der Waals surface area (Å²) in [4.78, 5) is 19.9. The summed E-state index contributed by atoms with van der Waals surface area (Å²) in [5.41, 5.74) is 8.09. The van der Waals surface area contributed by atoms with Gasteiger partial charge in [0.1, 0.15) is 5.58 Å². The average molecular weight is 423 g/mol. The van der Waals surface area contributed by atoms with Crippen LogP contribution in [0, 0.1) is 0 Å². The van der Waals surface area contributed by atoms with E-state index in [1.807, 2.05) is 4.90 Å². The van der Waals surface area contributed by atoms with E-state index >= 15 is 0 Å². The number of benzene rings is 2. The van der Waals surface area contributed by atoms with E-state index in [4.69, 9.17) is 4.99 Å². The molecular formula is C26H35N2OP. The molecule has 2 aromatic carbocycles. The number of aliphatic imine (C=N–C) groups is 1. The molecule has 1 atom stereocenters. The molecule has 1 heterocycles. The van der Waals surface area contributed by atoms with E-state index in [1.165, 1.54) is 22.3 Å². The van der Waals surface area contributed by atoms with Gasteiger partial charge in [-0.15, -0.1) is 0 Å². The second-order valence-corrected chi connectivity index (χ2v) is 10.5. The lowest BCUT2D eigenvalue weighted by Crippen LogP contribution is -2.42. The number of amidine groups is 1. The van der Waals surface area contributed by atoms with Gasteiger partial charge in [-0.1, -0.05) is 91.8 Å². The molecule has 3 nitrogen and oxygen atoms in total. The summed E-state index contributed by atoms with van der Waals surface area (Å²) < 4.78 is 0. The zero-order valence-electron chi connectivity index (χ0n) is 19.6. The third-order valence-electron chi connectivity index (χ3n) is 5.76. The van der Waals surface area contributed by atoms with Crippen LogP contribution in [0.2, 0.25) is 0 Å². The van der Waals surface area contributed by atoms with Crippen molar-refractivity contribution in [2.24, 2.45) is 4.99 Å². The van der Waals surface area contributed by atoms with Crippen LogP contribution >= 0.6 is 8.58 Å². The maximum absolute atomic E-state index is 12.9. The standard InChI is InChI=1S/C26H35N2OP/c1-15(2)19-11-9-12-20(16(3)4)23(19)27-25-28(26(29)30-25)24-21(17(5)6)13-10-14-22(24)18(7)8/h9-18,30H,1-8H3. The van der Waals surface area contributed by atoms with Crippen molar-refractivity contribution in [2.45, 2.75) is 79.1 Å². The lowest BCUT2D eigenvalue weighted by Gasteiger charge is -2.37. The van der Waals surface area contributed by atoms with Crippen LogP contribution in [0.25, 0.3) is 0 Å². The molecule has 30 heavy (non-hydrogen) atoms. The molecule has 2 aromatic rings. The molecule has 0 saturated carbocycles. The maximum Gasteiger partial charge on any atom is 0.258 e. The van der Waals surface area contributed by atoms with Crippen molar-refractivity contribution < 1.29 is 4.79 Å². The van der Waals surface area contributed by atoms with Crippen LogP contribution in [0.4, 0.5) is 16.2 Å². The first-order chi connectivity index (χ1) is 14.1. The van der Waals surface area contributed by atoms with Gasteiger partial charge in [0.25, 0.3) is 5.65 Å². The molecule has 4 heteroatoms. The highest BCUT2D eigenvalue weighted by atomic mass is 31.1. The highest BCUT2D eigenvalue weighted by Gasteiger charge is 2.37. The number of carbonyl (C=O) groups is 1. The lowest BCUT2D eigenvalue weighted by molar-refractivity contribution is 0.266. The molecule has 1 aliphatic rings. The quantitative estimate of drug-likeness (QED) is 0.430. The highest BCUT2D eigenvalue weighted by molar-refractivity contribution is 7.80. The Morgan fingerprint density at radius 1 is 0.700 bits per heavy atom. The SMILES string of the molecule is CC(C)c1cccc(C(C)C)c1N=C1PC(=O)N1c1c(C(C)C)cccc1C(C)C. The van der Waals surface area contributed by atoms with Gasteiger partial charge < -0.3 is 0 Å². The summed E-state index contributed by atoms with van der Waals surface area (Å²) >= 11 is 0. The first-order valence-electron chi connectivity index (χ1n) is 11.1. The molecule has 1 aliphatic heterocycles. The summed E-state index contributed by atoms with van der Waals surface area (Å²) in [5.74, 6) is 1.44. The molecule has 0 aromatic heterocycles. The Labute approximate surface area is 183 Å². The van der Waals surface area contributed by atoms with Crippen LogP contribution in [0.15, 0.2) is 41.4 Å². The van der Waals surface area contributed by atoms with E-state index in [0.717, 1.165) is 17.0 Å². The zero-order valence-corrected chi connectivity index (χ0v) is 20.6. The Bertz CT molecular complexity index is 920. The third-order valence-corrected chi connectivity index (χ3v) is 6.76. The average Bonchev–Trinajstić information content (AvgIpc) is 2.66. The minimum Gasteiger partial charge on any atom is -0.269 e. The largest absolute Gasteiger partial charge is 0.269 e. The third kappa shape index (κ3) is 4.23. The normalized spacial score (nSPS) is 16.6. The van der Waals surface area contributed by atoms with Crippen LogP contribution < -0.4 is 4.90 Å². The van der Waals surface area contributed by atoms with E-state index in [-0.39, 0.29) is 14.2 Å². The van der Waals surface area contributed by atoms with Gasteiger partial charge in [-0.3, -0.25) is 9.69 Å². The van der Waals surface area contributed by atoms with Crippen LogP contribution in [0.3, 0.4) is 0 Å². The van der Waals surface area contributed by atoms with E-state index in [2.05, 4.69) is 91.8 Å². The fraction of sp³-hybridized carbons (Fsp3) is 0.462. The Kier molecular flexibility index (Phi) is 6.82. The van der Waals surface area contributed by atoms with Gasteiger partial charge in [0.2, 0.25) is 0 Å². The Morgan fingerprint density at radius 3 is 1.47 bits per heavy atom. The molecule has 1 fully saturated rings. The van der Waals surface area contributed by atoms with Gasteiger partial charge in [-0.25, -0.2) is 4.99 Å². The molecular weight excluding hydrogens is 387 g/mol. The summed E-state index contributed by atoms with van der Waals surface area (Å²) in [7, 11) is 0.114. The number of anilines is 1. The summed E-state index contributed by atoms with van der Waals surface area (Å²) in [6, 6.07) is 12.9. The smallest absolute Gasteiger partial charge is 0.258 e. The van der Waals surface area contributed by atoms with Crippen molar-refractivity contribution in [3.63, 3.8) is 0 Å². The molecule has 1 amide bonds. The van der Waals surface area contributed by atoms with Crippen molar-refractivity contribution in [3.05, 3.63) is 58.7 Å². The maximum atomic E-state index is 12.9. The van der Waals surface area contributed by atoms with Gasteiger partial charge in [0.15, 0.2) is 0 Å². The van der Waals surface area contributed by atoms with Crippen LogP contribution in [0.5, 0.6) is 0 Å². The summed E-state index contributed by atoms with van der Waals surface area (Å²) in [6.07, 6.45) is 0. The van der Waals surface area contributed by atoms with Crippen molar-refractivity contribution in [2.75, 3.05) is 4.90 Å². The predicted octanol–water partition coefficient (Wildman–Crippen LogP) is 8.49. The van der Waals surface area contributed by atoms with E-state index in [0.29, 0.717) is 23.7 Å². The first kappa shape index (κ1) is 22.7. The van der Waals surface area contributed by atoms with Gasteiger partial charge in [0.05, 0.1) is 11.4 Å².